The molecule has 3 N–H and O–H groups in total. The van der Waals surface area contributed by atoms with Crippen LogP contribution in [-0.2, 0) is 10.3 Å². The van der Waals surface area contributed by atoms with Crippen LogP contribution in [0.1, 0.15) is 11.3 Å². The van der Waals surface area contributed by atoms with Crippen LogP contribution in [0.4, 0.5) is 0 Å². The third kappa shape index (κ3) is 3.01. The largest absolute Gasteiger partial charge is 0.495 e. The van der Waals surface area contributed by atoms with Gasteiger partial charge in [-0.1, -0.05) is 23.7 Å². The minimum Gasteiger partial charge on any atom is -0.495 e. The van der Waals surface area contributed by atoms with E-state index in [0.29, 0.717) is 19.2 Å². The Balaban J connectivity index is 1.59. The summed E-state index contributed by atoms with van der Waals surface area (Å²) in [6.45, 7) is 1.27. The molecule has 152 valence electrons. The molecular formula is C20H21ClN4O2S2. The Bertz CT molecular complexity index is 1100. The molecule has 0 amide bonds. The number of benzene rings is 1. The number of methoxy groups -OCH3 is 1. The number of hydrogen-bond donors (Lipinski definition) is 3. The van der Waals surface area contributed by atoms with Gasteiger partial charge in [0.05, 0.1) is 50.5 Å². The molecule has 2 aliphatic rings. The van der Waals surface area contributed by atoms with Crippen LogP contribution < -0.4 is 10.1 Å². The molecule has 2 saturated heterocycles. The van der Waals surface area contributed by atoms with E-state index in [1.807, 2.05) is 29.6 Å². The molecule has 2 atom stereocenters. The van der Waals surface area contributed by atoms with Crippen molar-refractivity contribution in [1.29, 1.82) is 5.41 Å². The molecule has 2 unspecified atom stereocenters. The zero-order valence-electron chi connectivity index (χ0n) is 16.0. The smallest absolute Gasteiger partial charge is 0.201 e. The van der Waals surface area contributed by atoms with E-state index in [1.165, 1.54) is 0 Å². The highest BCUT2D eigenvalue weighted by Crippen LogP contribution is 2.49. The zero-order chi connectivity index (χ0) is 20.2. The molecule has 5 rings (SSSR count). The van der Waals surface area contributed by atoms with Gasteiger partial charge < -0.3 is 19.8 Å². The number of nitrogens with one attached hydrogen (secondary N) is 3. The molecule has 9 heteroatoms. The number of halogens is 1. The van der Waals surface area contributed by atoms with E-state index in [0.717, 1.165) is 43.5 Å². The Labute approximate surface area is 182 Å². The van der Waals surface area contributed by atoms with Crippen LogP contribution in [-0.4, -0.2) is 47.9 Å². The van der Waals surface area contributed by atoms with Crippen LogP contribution >= 0.6 is 34.9 Å². The number of para-hydroxylation sites is 1. The number of hydrogen-bond acceptors (Lipinski definition) is 5. The third-order valence-electron chi connectivity index (χ3n) is 5.60. The number of ether oxygens (including phenoxy) is 2. The number of rotatable bonds is 3. The standard InChI is InChI=1S/C20H21ClN4O2S2/c1-25-19(22)24-20(6-7-27-10-16(20)29-25)18-12(21)9-15(28-18)13-8-11-4-3-5-14(26-2)17(11)23-13/h3-5,8-9,16,23H,6-7,10H2,1-2H3,(H2,22,24). The molecule has 2 aliphatic heterocycles. The van der Waals surface area contributed by atoms with E-state index >= 15 is 0 Å². The van der Waals surface area contributed by atoms with Crippen molar-refractivity contribution in [2.24, 2.45) is 0 Å². The van der Waals surface area contributed by atoms with Crippen molar-refractivity contribution < 1.29 is 9.47 Å². The zero-order valence-corrected chi connectivity index (χ0v) is 18.4. The molecule has 0 aliphatic carbocycles. The fourth-order valence-electron chi connectivity index (χ4n) is 4.08. The fourth-order valence-corrected chi connectivity index (χ4v) is 7.02. The molecule has 0 bridgehead atoms. The summed E-state index contributed by atoms with van der Waals surface area (Å²) in [6, 6.07) is 10.2. The Morgan fingerprint density at radius 2 is 2.24 bits per heavy atom. The summed E-state index contributed by atoms with van der Waals surface area (Å²) in [5, 5.41) is 13.8. The number of nitrogens with zero attached hydrogens (tertiary/aromatic N) is 1. The quantitative estimate of drug-likeness (QED) is 0.508. The van der Waals surface area contributed by atoms with Gasteiger partial charge in [0.1, 0.15) is 5.75 Å². The minimum absolute atomic E-state index is 0.155. The normalized spacial score (nSPS) is 24.4. The van der Waals surface area contributed by atoms with Gasteiger partial charge in [-0.3, -0.25) is 9.71 Å². The van der Waals surface area contributed by atoms with Crippen LogP contribution in [0.2, 0.25) is 5.02 Å². The summed E-state index contributed by atoms with van der Waals surface area (Å²) in [6.07, 6.45) is 0.779. The summed E-state index contributed by atoms with van der Waals surface area (Å²) < 4.78 is 13.1. The van der Waals surface area contributed by atoms with Crippen LogP contribution in [0.5, 0.6) is 5.75 Å². The van der Waals surface area contributed by atoms with Crippen LogP contribution in [0.25, 0.3) is 21.5 Å². The third-order valence-corrected chi connectivity index (χ3v) is 8.64. The van der Waals surface area contributed by atoms with E-state index in [4.69, 9.17) is 26.5 Å². The summed E-state index contributed by atoms with van der Waals surface area (Å²) in [5.74, 6) is 1.22. The van der Waals surface area contributed by atoms with Crippen LogP contribution in [0.15, 0.2) is 30.3 Å². The number of aromatic nitrogens is 1. The molecule has 0 spiro atoms. The summed E-state index contributed by atoms with van der Waals surface area (Å²) in [7, 11) is 3.58. The van der Waals surface area contributed by atoms with Gasteiger partial charge in [-0.15, -0.1) is 11.3 Å². The molecule has 2 aromatic heterocycles. The first-order chi connectivity index (χ1) is 14.0. The highest BCUT2D eigenvalue weighted by Gasteiger charge is 2.50. The predicted octanol–water partition coefficient (Wildman–Crippen LogP) is 4.66. The molecule has 2 fully saturated rings. The second-order valence-corrected chi connectivity index (χ2v) is 10.0. The lowest BCUT2D eigenvalue weighted by molar-refractivity contribution is 0.0483. The van der Waals surface area contributed by atoms with Crippen molar-refractivity contribution in [2.75, 3.05) is 27.4 Å². The first-order valence-electron chi connectivity index (χ1n) is 9.33. The van der Waals surface area contributed by atoms with E-state index < -0.39 is 5.54 Å². The van der Waals surface area contributed by atoms with Gasteiger partial charge >= 0.3 is 0 Å². The average Bonchev–Trinajstić information content (AvgIpc) is 3.32. The van der Waals surface area contributed by atoms with Crippen molar-refractivity contribution in [2.45, 2.75) is 17.2 Å². The van der Waals surface area contributed by atoms with Crippen molar-refractivity contribution >= 4 is 51.7 Å². The molecule has 4 heterocycles. The van der Waals surface area contributed by atoms with Crippen molar-refractivity contribution in [1.82, 2.24) is 14.6 Å². The Morgan fingerprint density at radius 3 is 3.07 bits per heavy atom. The number of H-pyrrole nitrogens is 1. The first kappa shape index (κ1) is 19.1. The van der Waals surface area contributed by atoms with E-state index in [9.17, 15) is 0 Å². The predicted molar refractivity (Wildman–Crippen MR) is 120 cm³/mol. The maximum absolute atomic E-state index is 8.35. The molecule has 3 aromatic rings. The fraction of sp³-hybridized carbons (Fsp3) is 0.350. The van der Waals surface area contributed by atoms with E-state index in [-0.39, 0.29) is 5.25 Å². The second kappa shape index (κ2) is 7.12. The van der Waals surface area contributed by atoms with Gasteiger partial charge in [0.2, 0.25) is 5.96 Å². The number of thiophene rings is 1. The average molecular weight is 449 g/mol. The number of aromatic amines is 1. The topological polar surface area (TPSA) is 73.4 Å². The van der Waals surface area contributed by atoms with Crippen molar-refractivity contribution in [3.05, 3.63) is 40.2 Å². The lowest BCUT2D eigenvalue weighted by atomic mass is 9.87. The lowest BCUT2D eigenvalue weighted by Crippen LogP contribution is -2.63. The SMILES string of the molecule is COc1cccc2cc(-c3cc(Cl)c(C45CCOCC4SN(C)C(=N)N5)s3)[nH]c12. The van der Waals surface area contributed by atoms with Gasteiger partial charge in [-0.05, 0) is 30.1 Å². The maximum atomic E-state index is 8.35. The number of fused-ring (bicyclic) bond motifs is 2. The van der Waals surface area contributed by atoms with Gasteiger partial charge in [0, 0.05) is 25.5 Å². The summed E-state index contributed by atoms with van der Waals surface area (Å²) in [5.41, 5.74) is 1.60. The Kier molecular flexibility index (Phi) is 4.70. The van der Waals surface area contributed by atoms with Crippen molar-refractivity contribution in [3.63, 3.8) is 0 Å². The van der Waals surface area contributed by atoms with Gasteiger partial charge in [0.25, 0.3) is 0 Å². The summed E-state index contributed by atoms with van der Waals surface area (Å²) in [4.78, 5) is 5.62. The highest BCUT2D eigenvalue weighted by atomic mass is 35.5. The minimum atomic E-state index is -0.393. The number of guanidine groups is 1. The Hall–Kier alpha value is -1.87. The summed E-state index contributed by atoms with van der Waals surface area (Å²) >= 11 is 10.1. The molecule has 0 saturated carbocycles. The maximum Gasteiger partial charge on any atom is 0.201 e. The molecular weight excluding hydrogens is 428 g/mol. The van der Waals surface area contributed by atoms with Gasteiger partial charge in [-0.25, -0.2) is 0 Å². The lowest BCUT2D eigenvalue weighted by Gasteiger charge is -2.49. The van der Waals surface area contributed by atoms with Crippen LogP contribution in [0.3, 0.4) is 0 Å². The van der Waals surface area contributed by atoms with Gasteiger partial charge in [0.15, 0.2) is 0 Å². The van der Waals surface area contributed by atoms with Gasteiger partial charge in [-0.2, -0.15) is 0 Å². The van der Waals surface area contributed by atoms with Crippen LogP contribution in [0, 0.1) is 5.41 Å². The van der Waals surface area contributed by atoms with E-state index in [2.05, 4.69) is 22.4 Å². The second-order valence-electron chi connectivity index (χ2n) is 7.26. The molecule has 1 aromatic carbocycles. The Morgan fingerprint density at radius 1 is 1.38 bits per heavy atom. The molecule has 29 heavy (non-hydrogen) atoms. The van der Waals surface area contributed by atoms with Crippen molar-refractivity contribution in [3.8, 4) is 16.3 Å². The molecule has 6 nitrogen and oxygen atoms in total. The van der Waals surface area contributed by atoms with E-state index in [1.54, 1.807) is 30.4 Å². The highest BCUT2D eigenvalue weighted by molar-refractivity contribution is 7.98. The first-order valence-corrected chi connectivity index (χ1v) is 11.4. The monoisotopic (exact) mass is 448 g/mol. The molecule has 0 radical (unpaired) electrons.